The van der Waals surface area contributed by atoms with Gasteiger partial charge in [-0.1, -0.05) is 24.3 Å². The number of nitrogens with one attached hydrogen (secondary N) is 2. The van der Waals surface area contributed by atoms with E-state index in [4.69, 9.17) is 26.4 Å². The number of thiocarbonyl (C=S) groups is 1. The first-order valence-electron chi connectivity index (χ1n) is 12.2. The Bertz CT molecular complexity index is 1270. The zero-order valence-corrected chi connectivity index (χ0v) is 20.8. The average molecular weight is 494 g/mol. The standard InChI is InChI=1S/C27H31N3O4S/c1-18-5-2-3-6-19(18)8-9-30(27(35)28-16-22-7-4-10-32-22)17-21-13-20-14-24-25(34-12-11-33-24)15-23(20)29-26(21)31/h2-3,5-6,13-15,22H,4,7-12,16-17H2,1H3,(H,28,35)(H,29,31)/t22-/m0/s1. The number of fused-ring (bicyclic) bond motifs is 2. The summed E-state index contributed by atoms with van der Waals surface area (Å²) in [5.74, 6) is 1.36. The highest BCUT2D eigenvalue weighted by molar-refractivity contribution is 7.80. The van der Waals surface area contributed by atoms with Gasteiger partial charge in [0.2, 0.25) is 0 Å². The molecule has 0 radical (unpaired) electrons. The summed E-state index contributed by atoms with van der Waals surface area (Å²) >= 11 is 5.79. The van der Waals surface area contributed by atoms with Crippen LogP contribution in [-0.2, 0) is 17.7 Å². The summed E-state index contributed by atoms with van der Waals surface area (Å²) < 4.78 is 17.1. The van der Waals surface area contributed by atoms with E-state index in [1.807, 2.05) is 24.3 Å². The highest BCUT2D eigenvalue weighted by atomic mass is 32.1. The van der Waals surface area contributed by atoms with Crippen molar-refractivity contribution in [2.24, 2.45) is 0 Å². The van der Waals surface area contributed by atoms with Crippen LogP contribution in [0.5, 0.6) is 11.5 Å². The predicted octanol–water partition coefficient (Wildman–Crippen LogP) is 3.71. The molecule has 1 saturated heterocycles. The molecular formula is C27H31N3O4S. The van der Waals surface area contributed by atoms with Gasteiger partial charge in [-0.3, -0.25) is 4.79 Å². The van der Waals surface area contributed by atoms with Crippen LogP contribution in [0.3, 0.4) is 0 Å². The highest BCUT2D eigenvalue weighted by Crippen LogP contribution is 2.33. The van der Waals surface area contributed by atoms with Gasteiger partial charge in [-0.2, -0.15) is 0 Å². The van der Waals surface area contributed by atoms with E-state index in [2.05, 4.69) is 40.3 Å². The second kappa shape index (κ2) is 10.7. The number of hydrogen-bond acceptors (Lipinski definition) is 5. The van der Waals surface area contributed by atoms with Crippen LogP contribution in [0.15, 0.2) is 47.3 Å². The van der Waals surface area contributed by atoms with Gasteiger partial charge < -0.3 is 29.4 Å². The van der Waals surface area contributed by atoms with E-state index in [-0.39, 0.29) is 11.7 Å². The van der Waals surface area contributed by atoms with E-state index in [1.54, 1.807) is 0 Å². The molecule has 7 nitrogen and oxygen atoms in total. The molecule has 0 bridgehead atoms. The summed E-state index contributed by atoms with van der Waals surface area (Å²) in [6.45, 7) is 5.73. The summed E-state index contributed by atoms with van der Waals surface area (Å²) in [6, 6.07) is 14.1. The third-order valence-corrected chi connectivity index (χ3v) is 7.05. The van der Waals surface area contributed by atoms with E-state index in [9.17, 15) is 4.79 Å². The lowest BCUT2D eigenvalue weighted by Crippen LogP contribution is -2.44. The van der Waals surface area contributed by atoms with Crippen molar-refractivity contribution in [3.05, 3.63) is 69.5 Å². The number of aromatic nitrogens is 1. The van der Waals surface area contributed by atoms with Crippen LogP contribution in [0.4, 0.5) is 0 Å². The number of aryl methyl sites for hydroxylation is 1. The molecule has 2 aliphatic rings. The largest absolute Gasteiger partial charge is 0.486 e. The van der Waals surface area contributed by atoms with Crippen molar-refractivity contribution < 1.29 is 14.2 Å². The van der Waals surface area contributed by atoms with Crippen LogP contribution >= 0.6 is 12.2 Å². The minimum atomic E-state index is -0.128. The molecule has 2 N–H and O–H groups in total. The molecule has 1 atom stereocenters. The van der Waals surface area contributed by atoms with Crippen molar-refractivity contribution in [2.75, 3.05) is 32.9 Å². The van der Waals surface area contributed by atoms with Crippen molar-refractivity contribution in [3.8, 4) is 11.5 Å². The fourth-order valence-electron chi connectivity index (χ4n) is 4.63. The van der Waals surface area contributed by atoms with Crippen LogP contribution in [0.25, 0.3) is 10.9 Å². The summed E-state index contributed by atoms with van der Waals surface area (Å²) in [6.07, 6.45) is 3.14. The molecule has 3 heterocycles. The molecule has 2 aliphatic heterocycles. The molecule has 1 aromatic heterocycles. The minimum Gasteiger partial charge on any atom is -0.486 e. The average Bonchev–Trinajstić information content (AvgIpc) is 3.39. The van der Waals surface area contributed by atoms with Gasteiger partial charge in [-0.15, -0.1) is 0 Å². The van der Waals surface area contributed by atoms with Gasteiger partial charge in [0.05, 0.1) is 18.2 Å². The molecule has 0 aliphatic carbocycles. The fraction of sp³-hybridized carbons (Fsp3) is 0.407. The second-order valence-electron chi connectivity index (χ2n) is 9.13. The van der Waals surface area contributed by atoms with E-state index < -0.39 is 0 Å². The first kappa shape index (κ1) is 23.6. The third kappa shape index (κ3) is 5.60. The number of H-pyrrole nitrogens is 1. The van der Waals surface area contributed by atoms with Gasteiger partial charge in [-0.05, 0) is 61.7 Å². The first-order chi connectivity index (χ1) is 17.1. The number of benzene rings is 2. The summed E-state index contributed by atoms with van der Waals surface area (Å²) in [5.41, 5.74) is 3.78. The van der Waals surface area contributed by atoms with E-state index in [0.717, 1.165) is 36.8 Å². The summed E-state index contributed by atoms with van der Waals surface area (Å²) in [5, 5.41) is 4.92. The minimum absolute atomic E-state index is 0.128. The van der Waals surface area contributed by atoms with Gasteiger partial charge in [0.25, 0.3) is 5.56 Å². The zero-order valence-electron chi connectivity index (χ0n) is 20.0. The van der Waals surface area contributed by atoms with Crippen molar-refractivity contribution >= 4 is 28.2 Å². The number of rotatable bonds is 7. The molecular weight excluding hydrogens is 462 g/mol. The SMILES string of the molecule is Cc1ccccc1CCN(Cc1cc2cc3c(cc2[nH]c1=O)OCCO3)C(=S)NC[C@@H]1CCCO1. The Morgan fingerprint density at radius 1 is 1.11 bits per heavy atom. The van der Waals surface area contributed by atoms with Crippen molar-refractivity contribution in [2.45, 2.75) is 38.8 Å². The van der Waals surface area contributed by atoms with Gasteiger partial charge in [0.1, 0.15) is 13.2 Å². The summed E-state index contributed by atoms with van der Waals surface area (Å²) in [7, 11) is 0. The number of hydrogen-bond donors (Lipinski definition) is 2. The molecule has 0 spiro atoms. The van der Waals surface area contributed by atoms with E-state index in [0.29, 0.717) is 55.0 Å². The lowest BCUT2D eigenvalue weighted by molar-refractivity contribution is 0.113. The Morgan fingerprint density at radius 2 is 1.91 bits per heavy atom. The number of nitrogens with zero attached hydrogens (tertiary/aromatic N) is 1. The maximum absolute atomic E-state index is 13.0. The monoisotopic (exact) mass is 493 g/mol. The van der Waals surface area contributed by atoms with Gasteiger partial charge in [0.15, 0.2) is 16.6 Å². The predicted molar refractivity (Wildman–Crippen MR) is 140 cm³/mol. The smallest absolute Gasteiger partial charge is 0.253 e. The van der Waals surface area contributed by atoms with Crippen LogP contribution in [0.1, 0.15) is 29.5 Å². The third-order valence-electron chi connectivity index (χ3n) is 6.65. The van der Waals surface area contributed by atoms with Crippen LogP contribution in [0.2, 0.25) is 0 Å². The Morgan fingerprint density at radius 3 is 2.69 bits per heavy atom. The molecule has 0 unspecified atom stereocenters. The van der Waals surface area contributed by atoms with E-state index >= 15 is 0 Å². The van der Waals surface area contributed by atoms with Gasteiger partial charge >= 0.3 is 0 Å². The molecule has 5 rings (SSSR count). The normalized spacial score (nSPS) is 16.9. The van der Waals surface area contributed by atoms with Crippen molar-refractivity contribution in [1.82, 2.24) is 15.2 Å². The summed E-state index contributed by atoms with van der Waals surface area (Å²) in [4.78, 5) is 18.1. The Kier molecular flexibility index (Phi) is 7.20. The highest BCUT2D eigenvalue weighted by Gasteiger charge is 2.19. The lowest BCUT2D eigenvalue weighted by atomic mass is 10.1. The van der Waals surface area contributed by atoms with Crippen LogP contribution in [0, 0.1) is 6.92 Å². The molecule has 0 amide bonds. The first-order valence-corrected chi connectivity index (χ1v) is 12.6. The molecule has 184 valence electrons. The Balaban J connectivity index is 1.37. The molecule has 35 heavy (non-hydrogen) atoms. The van der Waals surface area contributed by atoms with E-state index in [1.165, 1.54) is 11.1 Å². The molecule has 2 aromatic carbocycles. The molecule has 3 aromatic rings. The topological polar surface area (TPSA) is 75.8 Å². The Hall–Kier alpha value is -3.10. The Labute approximate surface area is 210 Å². The maximum atomic E-state index is 13.0. The molecule has 0 saturated carbocycles. The maximum Gasteiger partial charge on any atom is 0.253 e. The number of aromatic amines is 1. The van der Waals surface area contributed by atoms with Crippen molar-refractivity contribution in [3.63, 3.8) is 0 Å². The number of pyridine rings is 1. The number of ether oxygens (including phenoxy) is 3. The lowest BCUT2D eigenvalue weighted by Gasteiger charge is -2.27. The zero-order chi connectivity index (χ0) is 24.2. The van der Waals surface area contributed by atoms with Crippen LogP contribution < -0.4 is 20.3 Å². The quantitative estimate of drug-likeness (QED) is 0.486. The van der Waals surface area contributed by atoms with Gasteiger partial charge in [-0.25, -0.2) is 0 Å². The molecule has 1 fully saturated rings. The van der Waals surface area contributed by atoms with Gasteiger partial charge in [0, 0.05) is 36.7 Å². The van der Waals surface area contributed by atoms with Crippen molar-refractivity contribution in [1.29, 1.82) is 0 Å². The van der Waals surface area contributed by atoms with Crippen LogP contribution in [-0.4, -0.2) is 54.0 Å². The fourth-order valence-corrected chi connectivity index (χ4v) is 4.87. The molecule has 8 heteroatoms. The second-order valence-corrected chi connectivity index (χ2v) is 9.51.